The SMILES string of the molecule is CCOc1ccc(C(=O)NC(=S)Nc2nccs2)cc1Br. The molecule has 0 bridgehead atoms. The summed E-state index contributed by atoms with van der Waals surface area (Å²) >= 11 is 9.83. The zero-order valence-corrected chi connectivity index (χ0v) is 14.3. The number of carbonyl (C=O) groups excluding carboxylic acids is 1. The fourth-order valence-corrected chi connectivity index (χ4v) is 2.78. The number of ether oxygens (including phenoxy) is 1. The Labute approximate surface area is 139 Å². The molecule has 0 radical (unpaired) electrons. The first-order valence-corrected chi connectivity index (χ1v) is 8.12. The molecule has 0 saturated carbocycles. The molecular formula is C13H12BrN3O2S2. The van der Waals surface area contributed by atoms with Crippen LogP contribution in [0.15, 0.2) is 34.2 Å². The van der Waals surface area contributed by atoms with Gasteiger partial charge in [0.15, 0.2) is 10.2 Å². The third-order valence-corrected chi connectivity index (χ3v) is 3.89. The molecule has 0 aliphatic rings. The minimum atomic E-state index is -0.298. The van der Waals surface area contributed by atoms with Gasteiger partial charge in [-0.05, 0) is 53.3 Å². The van der Waals surface area contributed by atoms with Crippen LogP contribution in [0.4, 0.5) is 5.13 Å². The van der Waals surface area contributed by atoms with Crippen molar-refractivity contribution in [3.63, 3.8) is 0 Å². The van der Waals surface area contributed by atoms with Gasteiger partial charge in [0.25, 0.3) is 5.91 Å². The van der Waals surface area contributed by atoms with Crippen LogP contribution in [-0.4, -0.2) is 22.6 Å². The van der Waals surface area contributed by atoms with Crippen LogP contribution >= 0.6 is 39.5 Å². The fraction of sp³-hybridized carbons (Fsp3) is 0.154. The number of rotatable bonds is 4. The molecule has 0 saturated heterocycles. The first kappa shape index (κ1) is 15.9. The molecule has 1 aromatic carbocycles. The number of halogens is 1. The lowest BCUT2D eigenvalue weighted by atomic mass is 10.2. The summed E-state index contributed by atoms with van der Waals surface area (Å²) in [6.45, 7) is 2.46. The van der Waals surface area contributed by atoms with Gasteiger partial charge in [0.05, 0.1) is 11.1 Å². The largest absolute Gasteiger partial charge is 0.493 e. The highest BCUT2D eigenvalue weighted by atomic mass is 79.9. The summed E-state index contributed by atoms with van der Waals surface area (Å²) < 4.78 is 6.12. The van der Waals surface area contributed by atoms with Crippen molar-refractivity contribution in [2.24, 2.45) is 0 Å². The van der Waals surface area contributed by atoms with Crippen molar-refractivity contribution in [2.45, 2.75) is 6.92 Å². The average Bonchev–Trinajstić information content (AvgIpc) is 2.93. The molecule has 0 fully saturated rings. The first-order valence-electron chi connectivity index (χ1n) is 6.04. The van der Waals surface area contributed by atoms with Gasteiger partial charge in [-0.2, -0.15) is 0 Å². The van der Waals surface area contributed by atoms with Crippen molar-refractivity contribution >= 4 is 55.6 Å². The number of aromatic nitrogens is 1. The summed E-state index contributed by atoms with van der Waals surface area (Å²) in [5.74, 6) is 0.394. The standard InChI is InChI=1S/C13H12BrN3O2S2/c1-2-19-10-4-3-8(7-9(10)14)11(18)16-12(20)17-13-15-5-6-21-13/h3-7H,2H2,1H3,(H2,15,16,17,18,20). The maximum absolute atomic E-state index is 12.1. The highest BCUT2D eigenvalue weighted by Gasteiger charge is 2.11. The van der Waals surface area contributed by atoms with E-state index in [0.717, 1.165) is 4.47 Å². The Balaban J connectivity index is 1.99. The van der Waals surface area contributed by atoms with Crippen LogP contribution in [-0.2, 0) is 0 Å². The minimum Gasteiger partial charge on any atom is -0.493 e. The zero-order valence-electron chi connectivity index (χ0n) is 11.1. The van der Waals surface area contributed by atoms with E-state index in [-0.39, 0.29) is 11.0 Å². The molecule has 110 valence electrons. The molecule has 0 spiro atoms. The third kappa shape index (κ3) is 4.48. The lowest BCUT2D eigenvalue weighted by Gasteiger charge is -2.09. The summed E-state index contributed by atoms with van der Waals surface area (Å²) in [7, 11) is 0. The van der Waals surface area contributed by atoms with Gasteiger partial charge in [-0.25, -0.2) is 4.98 Å². The lowest BCUT2D eigenvalue weighted by molar-refractivity contribution is 0.0977. The molecule has 1 aromatic heterocycles. The molecule has 0 atom stereocenters. The molecular weight excluding hydrogens is 374 g/mol. The van der Waals surface area contributed by atoms with Crippen LogP contribution in [0.2, 0.25) is 0 Å². The fourth-order valence-electron chi connectivity index (χ4n) is 1.50. The van der Waals surface area contributed by atoms with Crippen molar-refractivity contribution in [3.05, 3.63) is 39.8 Å². The normalized spacial score (nSPS) is 10.0. The Kier molecular flexibility index (Phi) is 5.66. The monoisotopic (exact) mass is 385 g/mol. The molecule has 0 aliphatic carbocycles. The molecule has 1 heterocycles. The Bertz CT molecular complexity index is 647. The number of anilines is 1. The van der Waals surface area contributed by atoms with Gasteiger partial charge < -0.3 is 10.1 Å². The molecule has 2 rings (SSSR count). The van der Waals surface area contributed by atoms with Crippen molar-refractivity contribution in [2.75, 3.05) is 11.9 Å². The molecule has 8 heteroatoms. The maximum Gasteiger partial charge on any atom is 0.257 e. The van der Waals surface area contributed by atoms with Crippen LogP contribution in [0.3, 0.4) is 0 Å². The van der Waals surface area contributed by atoms with Crippen LogP contribution in [0, 0.1) is 0 Å². The summed E-state index contributed by atoms with van der Waals surface area (Å²) in [6.07, 6.45) is 1.65. The summed E-state index contributed by atoms with van der Waals surface area (Å²) in [5.41, 5.74) is 0.480. The van der Waals surface area contributed by atoms with E-state index in [0.29, 0.717) is 23.1 Å². The number of thiazole rings is 1. The highest BCUT2D eigenvalue weighted by molar-refractivity contribution is 9.10. The van der Waals surface area contributed by atoms with E-state index in [4.69, 9.17) is 17.0 Å². The van der Waals surface area contributed by atoms with Crippen molar-refractivity contribution in [1.29, 1.82) is 0 Å². The van der Waals surface area contributed by atoms with Gasteiger partial charge in [0, 0.05) is 17.1 Å². The smallest absolute Gasteiger partial charge is 0.257 e. The number of nitrogens with zero attached hydrogens (tertiary/aromatic N) is 1. The number of carbonyl (C=O) groups is 1. The molecule has 2 aromatic rings. The van der Waals surface area contributed by atoms with Crippen LogP contribution in [0.25, 0.3) is 0 Å². The Hall–Kier alpha value is -1.51. The number of thiocarbonyl (C=S) groups is 1. The molecule has 0 unspecified atom stereocenters. The zero-order chi connectivity index (χ0) is 15.2. The van der Waals surface area contributed by atoms with Gasteiger partial charge in [-0.15, -0.1) is 11.3 Å². The summed E-state index contributed by atoms with van der Waals surface area (Å²) in [5, 5.41) is 8.10. The van der Waals surface area contributed by atoms with E-state index in [1.165, 1.54) is 11.3 Å². The van der Waals surface area contributed by atoms with Crippen molar-refractivity contribution < 1.29 is 9.53 Å². The van der Waals surface area contributed by atoms with Crippen LogP contribution in [0.5, 0.6) is 5.75 Å². The first-order chi connectivity index (χ1) is 10.1. The second-order valence-electron chi connectivity index (χ2n) is 3.82. The second-order valence-corrected chi connectivity index (χ2v) is 5.98. The summed E-state index contributed by atoms with van der Waals surface area (Å²) in [4.78, 5) is 16.1. The minimum absolute atomic E-state index is 0.208. The maximum atomic E-state index is 12.1. The predicted molar refractivity (Wildman–Crippen MR) is 91.1 cm³/mol. The van der Waals surface area contributed by atoms with Gasteiger partial charge in [-0.1, -0.05) is 0 Å². The summed E-state index contributed by atoms with van der Waals surface area (Å²) in [6, 6.07) is 5.10. The van der Waals surface area contributed by atoms with E-state index >= 15 is 0 Å². The molecule has 5 nitrogen and oxygen atoms in total. The van der Waals surface area contributed by atoms with Crippen molar-refractivity contribution in [1.82, 2.24) is 10.3 Å². The van der Waals surface area contributed by atoms with Gasteiger partial charge in [-0.3, -0.25) is 10.1 Å². The van der Waals surface area contributed by atoms with Crippen LogP contribution in [0.1, 0.15) is 17.3 Å². The molecule has 1 amide bonds. The van der Waals surface area contributed by atoms with Gasteiger partial charge in [0.1, 0.15) is 5.75 Å². The van der Waals surface area contributed by atoms with E-state index in [1.807, 2.05) is 12.3 Å². The van der Waals surface area contributed by atoms with Gasteiger partial charge >= 0.3 is 0 Å². The molecule has 2 N–H and O–H groups in total. The lowest BCUT2D eigenvalue weighted by Crippen LogP contribution is -2.34. The number of amides is 1. The highest BCUT2D eigenvalue weighted by Crippen LogP contribution is 2.25. The molecule has 21 heavy (non-hydrogen) atoms. The topological polar surface area (TPSA) is 63.2 Å². The number of hydrogen-bond donors (Lipinski definition) is 2. The third-order valence-electron chi connectivity index (χ3n) is 2.37. The van der Waals surface area contributed by atoms with Crippen LogP contribution < -0.4 is 15.4 Å². The average molecular weight is 386 g/mol. The van der Waals surface area contributed by atoms with Crippen molar-refractivity contribution in [3.8, 4) is 5.75 Å². The van der Waals surface area contributed by atoms with E-state index in [1.54, 1.807) is 24.4 Å². The quantitative estimate of drug-likeness (QED) is 0.789. The Morgan fingerprint density at radius 1 is 1.52 bits per heavy atom. The number of hydrogen-bond acceptors (Lipinski definition) is 5. The predicted octanol–water partition coefficient (Wildman–Crippen LogP) is 3.43. The Morgan fingerprint density at radius 3 is 2.95 bits per heavy atom. The number of benzene rings is 1. The molecule has 0 aliphatic heterocycles. The van der Waals surface area contributed by atoms with Gasteiger partial charge in [0.2, 0.25) is 0 Å². The second kappa shape index (κ2) is 7.48. The van der Waals surface area contributed by atoms with E-state index in [9.17, 15) is 4.79 Å². The number of nitrogens with one attached hydrogen (secondary N) is 2. The Morgan fingerprint density at radius 2 is 2.33 bits per heavy atom. The van der Waals surface area contributed by atoms with E-state index < -0.39 is 0 Å². The van der Waals surface area contributed by atoms with E-state index in [2.05, 4.69) is 31.5 Å².